The van der Waals surface area contributed by atoms with Gasteiger partial charge in [0.1, 0.15) is 11.5 Å². The Labute approximate surface area is 111 Å². The molecule has 0 spiro atoms. The number of aromatic hydroxyl groups is 2. The van der Waals surface area contributed by atoms with Crippen LogP contribution in [0.4, 0.5) is 0 Å². The van der Waals surface area contributed by atoms with E-state index in [9.17, 15) is 15.3 Å². The smallest absolute Gasteiger partial charge is 0.119 e. The zero-order valence-electron chi connectivity index (χ0n) is 9.47. The van der Waals surface area contributed by atoms with Crippen LogP contribution in [-0.2, 0) is 0 Å². The van der Waals surface area contributed by atoms with E-state index >= 15 is 0 Å². The van der Waals surface area contributed by atoms with Gasteiger partial charge in [0.15, 0.2) is 0 Å². The van der Waals surface area contributed by atoms with E-state index in [1.54, 1.807) is 0 Å². The van der Waals surface area contributed by atoms with Crippen molar-refractivity contribution in [3.05, 3.63) is 23.8 Å². The summed E-state index contributed by atoms with van der Waals surface area (Å²) in [6.45, 7) is 0.452. The molecule has 2 rings (SSSR count). The molecular formula is C12H18BrNO3. The maximum Gasteiger partial charge on any atom is 0.119 e. The van der Waals surface area contributed by atoms with E-state index in [-0.39, 0.29) is 28.5 Å². The van der Waals surface area contributed by atoms with E-state index in [0.717, 1.165) is 12.8 Å². The number of halogens is 1. The van der Waals surface area contributed by atoms with Gasteiger partial charge in [-0.1, -0.05) is 6.42 Å². The van der Waals surface area contributed by atoms with E-state index in [1.807, 2.05) is 0 Å². The van der Waals surface area contributed by atoms with Gasteiger partial charge in [-0.05, 0) is 30.5 Å². The summed E-state index contributed by atoms with van der Waals surface area (Å²) in [5.41, 5.74) is 0.532. The van der Waals surface area contributed by atoms with Crippen LogP contribution in [0.5, 0.6) is 11.5 Å². The number of phenolic OH excluding ortho intramolecular Hbond substituents is 2. The fraction of sp³-hybridized carbons (Fsp3) is 0.500. The van der Waals surface area contributed by atoms with Gasteiger partial charge in [0.25, 0.3) is 0 Å². The molecule has 0 radical (unpaired) electrons. The normalized spacial score (nSPS) is 17.0. The molecule has 1 aliphatic carbocycles. The van der Waals surface area contributed by atoms with Gasteiger partial charge < -0.3 is 20.6 Å². The van der Waals surface area contributed by atoms with E-state index in [2.05, 4.69) is 5.32 Å². The first-order chi connectivity index (χ1) is 7.65. The summed E-state index contributed by atoms with van der Waals surface area (Å²) < 4.78 is 0. The monoisotopic (exact) mass is 303 g/mol. The van der Waals surface area contributed by atoms with Crippen LogP contribution in [-0.4, -0.2) is 27.9 Å². The highest BCUT2D eigenvalue weighted by Crippen LogP contribution is 2.25. The Kier molecular flexibility index (Phi) is 5.24. The summed E-state index contributed by atoms with van der Waals surface area (Å²) in [4.78, 5) is 0. The second-order valence-electron chi connectivity index (χ2n) is 4.33. The number of phenols is 2. The second-order valence-corrected chi connectivity index (χ2v) is 4.33. The predicted octanol–water partition coefficient (Wildman–Crippen LogP) is 1.85. The fourth-order valence-corrected chi connectivity index (χ4v) is 1.82. The molecule has 0 amide bonds. The van der Waals surface area contributed by atoms with Crippen molar-refractivity contribution < 1.29 is 15.3 Å². The Balaban J connectivity index is 0.00000144. The molecule has 4 nitrogen and oxygen atoms in total. The number of hydrogen-bond donors (Lipinski definition) is 4. The molecule has 0 heterocycles. The van der Waals surface area contributed by atoms with Crippen LogP contribution in [0.2, 0.25) is 0 Å². The minimum atomic E-state index is -0.696. The van der Waals surface area contributed by atoms with Gasteiger partial charge in [0.2, 0.25) is 0 Å². The molecule has 5 heteroatoms. The minimum absolute atomic E-state index is 0. The third-order valence-electron chi connectivity index (χ3n) is 3.01. The molecule has 1 fully saturated rings. The molecule has 0 aromatic heterocycles. The SMILES string of the molecule is Br.Oc1cc(O)cc(C(O)CNC2CCC2)c1. The number of nitrogens with one attached hydrogen (secondary N) is 1. The lowest BCUT2D eigenvalue weighted by molar-refractivity contribution is 0.160. The van der Waals surface area contributed by atoms with Gasteiger partial charge in [-0.3, -0.25) is 0 Å². The Hall–Kier alpha value is -0.780. The number of aliphatic hydroxyl groups excluding tert-OH is 1. The van der Waals surface area contributed by atoms with Crippen LogP contribution >= 0.6 is 17.0 Å². The first kappa shape index (κ1) is 14.3. The molecule has 0 saturated heterocycles. The quantitative estimate of drug-likeness (QED) is 0.685. The van der Waals surface area contributed by atoms with Crippen molar-refractivity contribution >= 4 is 17.0 Å². The molecule has 0 aliphatic heterocycles. The van der Waals surface area contributed by atoms with Gasteiger partial charge >= 0.3 is 0 Å². The van der Waals surface area contributed by atoms with Crippen molar-refractivity contribution in [1.29, 1.82) is 0 Å². The highest BCUT2D eigenvalue weighted by Gasteiger charge is 2.18. The van der Waals surface area contributed by atoms with E-state index < -0.39 is 6.10 Å². The zero-order valence-corrected chi connectivity index (χ0v) is 11.2. The molecule has 1 unspecified atom stereocenters. The molecule has 1 saturated carbocycles. The first-order valence-corrected chi connectivity index (χ1v) is 5.59. The van der Waals surface area contributed by atoms with Crippen molar-refractivity contribution in [2.45, 2.75) is 31.4 Å². The summed E-state index contributed by atoms with van der Waals surface area (Å²) >= 11 is 0. The summed E-state index contributed by atoms with van der Waals surface area (Å²) in [6, 6.07) is 4.69. The molecule has 0 bridgehead atoms. The molecule has 1 aromatic rings. The lowest BCUT2D eigenvalue weighted by Gasteiger charge is -2.27. The van der Waals surface area contributed by atoms with Crippen LogP contribution < -0.4 is 5.32 Å². The molecule has 17 heavy (non-hydrogen) atoms. The van der Waals surface area contributed by atoms with Gasteiger partial charge in [-0.2, -0.15) is 0 Å². The predicted molar refractivity (Wildman–Crippen MR) is 70.7 cm³/mol. The topological polar surface area (TPSA) is 72.7 Å². The third-order valence-corrected chi connectivity index (χ3v) is 3.01. The van der Waals surface area contributed by atoms with Gasteiger partial charge in [0.05, 0.1) is 6.10 Å². The molecule has 1 aromatic carbocycles. The van der Waals surface area contributed by atoms with Gasteiger partial charge in [-0.25, -0.2) is 0 Å². The minimum Gasteiger partial charge on any atom is -0.508 e. The van der Waals surface area contributed by atoms with Crippen molar-refractivity contribution in [2.24, 2.45) is 0 Å². The largest absolute Gasteiger partial charge is 0.508 e. The van der Waals surface area contributed by atoms with Crippen molar-refractivity contribution in [2.75, 3.05) is 6.54 Å². The number of rotatable bonds is 4. The Morgan fingerprint density at radius 2 is 1.76 bits per heavy atom. The summed E-state index contributed by atoms with van der Waals surface area (Å²) in [5, 5.41) is 31.7. The highest BCUT2D eigenvalue weighted by molar-refractivity contribution is 8.93. The number of aliphatic hydroxyl groups is 1. The summed E-state index contributed by atoms with van der Waals surface area (Å²) in [5.74, 6) is -0.0598. The van der Waals surface area contributed by atoms with Gasteiger partial charge in [-0.15, -0.1) is 17.0 Å². The average Bonchev–Trinajstić information content (AvgIpc) is 2.13. The molecule has 1 atom stereocenters. The van der Waals surface area contributed by atoms with Crippen molar-refractivity contribution in [1.82, 2.24) is 5.32 Å². The van der Waals surface area contributed by atoms with E-state index in [4.69, 9.17) is 0 Å². The van der Waals surface area contributed by atoms with E-state index in [1.165, 1.54) is 24.6 Å². The van der Waals surface area contributed by atoms with Crippen LogP contribution in [0.15, 0.2) is 18.2 Å². The van der Waals surface area contributed by atoms with Crippen LogP contribution in [0.3, 0.4) is 0 Å². The number of benzene rings is 1. The second kappa shape index (κ2) is 6.23. The molecular weight excluding hydrogens is 286 g/mol. The van der Waals surface area contributed by atoms with Crippen molar-refractivity contribution in [3.8, 4) is 11.5 Å². The maximum absolute atomic E-state index is 9.85. The lowest BCUT2D eigenvalue weighted by atomic mass is 9.93. The third kappa shape index (κ3) is 3.87. The summed E-state index contributed by atoms with van der Waals surface area (Å²) in [6.07, 6.45) is 2.88. The zero-order chi connectivity index (χ0) is 11.5. The molecule has 1 aliphatic rings. The van der Waals surface area contributed by atoms with Crippen LogP contribution in [0.1, 0.15) is 30.9 Å². The molecule has 96 valence electrons. The summed E-state index contributed by atoms with van der Waals surface area (Å²) in [7, 11) is 0. The Morgan fingerprint density at radius 1 is 1.18 bits per heavy atom. The maximum atomic E-state index is 9.85. The van der Waals surface area contributed by atoms with Crippen LogP contribution in [0, 0.1) is 0 Å². The lowest BCUT2D eigenvalue weighted by Crippen LogP contribution is -2.37. The average molecular weight is 304 g/mol. The Morgan fingerprint density at radius 3 is 2.24 bits per heavy atom. The Bertz CT molecular complexity index is 349. The van der Waals surface area contributed by atoms with Gasteiger partial charge in [0, 0.05) is 18.7 Å². The van der Waals surface area contributed by atoms with Crippen molar-refractivity contribution in [3.63, 3.8) is 0 Å². The number of hydrogen-bond acceptors (Lipinski definition) is 4. The highest BCUT2D eigenvalue weighted by atomic mass is 79.9. The fourth-order valence-electron chi connectivity index (χ4n) is 1.82. The molecule has 4 N–H and O–H groups in total. The van der Waals surface area contributed by atoms with Crippen LogP contribution in [0.25, 0.3) is 0 Å². The van der Waals surface area contributed by atoms with E-state index in [0.29, 0.717) is 18.2 Å². The standard InChI is InChI=1S/C12H17NO3.BrH/c14-10-4-8(5-11(15)6-10)12(16)7-13-9-2-1-3-9;/h4-6,9,12-16H,1-3,7H2;1H. The first-order valence-electron chi connectivity index (χ1n) is 5.59.